The maximum absolute atomic E-state index is 12.9. The van der Waals surface area contributed by atoms with E-state index in [1.165, 1.54) is 17.0 Å². The Balaban J connectivity index is 1.77. The van der Waals surface area contributed by atoms with Crippen LogP contribution in [0.15, 0.2) is 24.3 Å². The van der Waals surface area contributed by atoms with E-state index in [0.29, 0.717) is 22.5 Å². The van der Waals surface area contributed by atoms with Gasteiger partial charge in [-0.3, -0.25) is 14.9 Å². The molecule has 1 aromatic carbocycles. The van der Waals surface area contributed by atoms with Gasteiger partial charge in [0, 0.05) is 37.0 Å². The summed E-state index contributed by atoms with van der Waals surface area (Å²) in [7, 11) is 1.60. The van der Waals surface area contributed by atoms with Crippen LogP contribution in [0.5, 0.6) is 0 Å². The van der Waals surface area contributed by atoms with E-state index in [-0.39, 0.29) is 30.2 Å². The first-order chi connectivity index (χ1) is 14.9. The number of halogens is 3. The number of non-ortho nitro benzene ring substituents is 1. The lowest BCUT2D eigenvalue weighted by Crippen LogP contribution is -2.30. The molecule has 0 radical (unpaired) electrons. The Morgan fingerprint density at radius 2 is 1.97 bits per heavy atom. The van der Waals surface area contributed by atoms with Crippen LogP contribution in [0.25, 0.3) is 5.78 Å². The van der Waals surface area contributed by atoms with Crippen LogP contribution in [-0.2, 0) is 17.4 Å². The Morgan fingerprint density at radius 1 is 1.28 bits per heavy atom. The smallest absolute Gasteiger partial charge is 0.339 e. The van der Waals surface area contributed by atoms with Crippen molar-refractivity contribution in [1.82, 2.24) is 24.5 Å². The summed E-state index contributed by atoms with van der Waals surface area (Å²) < 4.78 is 39.8. The zero-order valence-corrected chi connectivity index (χ0v) is 17.8. The molecular formula is C20H21F3N6O3. The van der Waals surface area contributed by atoms with Crippen LogP contribution in [0, 0.1) is 24.0 Å². The van der Waals surface area contributed by atoms with Crippen molar-refractivity contribution in [3.05, 3.63) is 62.7 Å². The monoisotopic (exact) mass is 450 g/mol. The molecule has 0 saturated carbocycles. The predicted octanol–water partition coefficient (Wildman–Crippen LogP) is 3.82. The Kier molecular flexibility index (Phi) is 6.15. The van der Waals surface area contributed by atoms with Crippen molar-refractivity contribution in [2.75, 3.05) is 7.05 Å². The van der Waals surface area contributed by atoms with Gasteiger partial charge < -0.3 is 4.90 Å². The first kappa shape index (κ1) is 23.1. The average molecular weight is 450 g/mol. The van der Waals surface area contributed by atoms with Gasteiger partial charge in [-0.25, -0.2) is 9.50 Å². The number of hydrogen-bond acceptors (Lipinski definition) is 6. The lowest BCUT2D eigenvalue weighted by Gasteiger charge is -2.25. The van der Waals surface area contributed by atoms with Gasteiger partial charge in [-0.1, -0.05) is 12.1 Å². The normalized spacial score (nSPS) is 12.7. The number of benzene rings is 1. The van der Waals surface area contributed by atoms with E-state index in [2.05, 4.69) is 15.1 Å². The van der Waals surface area contributed by atoms with Crippen LogP contribution in [0.4, 0.5) is 18.9 Å². The Hall–Kier alpha value is -3.57. The topological polar surface area (TPSA) is 107 Å². The Labute approximate surface area is 181 Å². The summed E-state index contributed by atoms with van der Waals surface area (Å²) in [4.78, 5) is 32.3. The van der Waals surface area contributed by atoms with Gasteiger partial charge in [-0.2, -0.15) is 18.2 Å². The number of nitro benzene ring substituents is 1. The van der Waals surface area contributed by atoms with Gasteiger partial charge in [-0.15, -0.1) is 5.10 Å². The highest BCUT2D eigenvalue weighted by Crippen LogP contribution is 2.28. The Morgan fingerprint density at radius 3 is 2.59 bits per heavy atom. The number of aryl methyl sites for hydroxylation is 2. The molecule has 0 aliphatic carbocycles. The molecule has 9 nitrogen and oxygen atoms in total. The van der Waals surface area contributed by atoms with Crippen LogP contribution in [-0.4, -0.2) is 42.4 Å². The minimum Gasteiger partial charge on any atom is -0.339 e. The fraction of sp³-hybridized carbons (Fsp3) is 0.400. The molecule has 0 bridgehead atoms. The van der Waals surface area contributed by atoms with Gasteiger partial charge in [0.2, 0.25) is 5.91 Å². The molecular weight excluding hydrogens is 429 g/mol. The summed E-state index contributed by atoms with van der Waals surface area (Å²) in [5.74, 6) is -1.65. The van der Waals surface area contributed by atoms with E-state index < -0.39 is 23.0 Å². The van der Waals surface area contributed by atoms with Gasteiger partial charge in [0.15, 0.2) is 0 Å². The molecule has 1 atom stereocenters. The highest BCUT2D eigenvalue weighted by molar-refractivity contribution is 5.76. The SMILES string of the molecule is Cc1nc2nc(C(F)(F)F)nn2c(C)c1CCC(=O)N(C)[C@@H](C)c1cccc([N+](=O)[O-])c1. The first-order valence-electron chi connectivity index (χ1n) is 9.70. The highest BCUT2D eigenvalue weighted by Gasteiger charge is 2.37. The van der Waals surface area contributed by atoms with E-state index in [9.17, 15) is 28.1 Å². The molecule has 0 N–H and O–H groups in total. The van der Waals surface area contributed by atoms with Gasteiger partial charge in [0.25, 0.3) is 17.3 Å². The molecule has 0 unspecified atom stereocenters. The molecule has 0 saturated heterocycles. The van der Waals surface area contributed by atoms with Crippen molar-refractivity contribution in [2.45, 2.75) is 45.8 Å². The van der Waals surface area contributed by atoms with Crippen LogP contribution in [0.1, 0.15) is 47.7 Å². The van der Waals surface area contributed by atoms with Crippen LogP contribution in [0.3, 0.4) is 0 Å². The molecule has 0 spiro atoms. The second-order valence-corrected chi connectivity index (χ2v) is 7.44. The Bertz CT molecular complexity index is 1190. The van der Waals surface area contributed by atoms with Crippen molar-refractivity contribution in [2.24, 2.45) is 0 Å². The third-order valence-electron chi connectivity index (χ3n) is 5.43. The van der Waals surface area contributed by atoms with E-state index in [1.807, 2.05) is 0 Å². The lowest BCUT2D eigenvalue weighted by molar-refractivity contribution is -0.384. The number of amides is 1. The molecule has 2 aromatic heterocycles. The van der Waals surface area contributed by atoms with Crippen LogP contribution >= 0.6 is 0 Å². The quantitative estimate of drug-likeness (QED) is 0.418. The van der Waals surface area contributed by atoms with Crippen molar-refractivity contribution in [3.63, 3.8) is 0 Å². The minimum atomic E-state index is -4.68. The summed E-state index contributed by atoms with van der Waals surface area (Å²) in [6.07, 6.45) is -4.37. The van der Waals surface area contributed by atoms with E-state index >= 15 is 0 Å². The van der Waals surface area contributed by atoms with Gasteiger partial charge in [-0.05, 0) is 38.3 Å². The summed E-state index contributed by atoms with van der Waals surface area (Å²) in [6.45, 7) is 5.01. The van der Waals surface area contributed by atoms with Crippen molar-refractivity contribution < 1.29 is 22.9 Å². The first-order valence-corrected chi connectivity index (χ1v) is 9.70. The molecule has 32 heavy (non-hydrogen) atoms. The zero-order chi connectivity index (χ0) is 23.8. The summed E-state index contributed by atoms with van der Waals surface area (Å²) >= 11 is 0. The molecule has 0 aliphatic rings. The summed E-state index contributed by atoms with van der Waals surface area (Å²) in [5.41, 5.74) is 2.07. The summed E-state index contributed by atoms with van der Waals surface area (Å²) in [6, 6.07) is 5.65. The van der Waals surface area contributed by atoms with Crippen LogP contribution in [0.2, 0.25) is 0 Å². The number of carbonyl (C=O) groups is 1. The number of alkyl halides is 3. The molecule has 12 heteroatoms. The molecule has 3 rings (SSSR count). The van der Waals surface area contributed by atoms with E-state index in [1.54, 1.807) is 40.0 Å². The fourth-order valence-electron chi connectivity index (χ4n) is 3.44. The maximum atomic E-state index is 12.9. The fourth-order valence-corrected chi connectivity index (χ4v) is 3.44. The van der Waals surface area contributed by atoms with Gasteiger partial charge >= 0.3 is 6.18 Å². The van der Waals surface area contributed by atoms with Gasteiger partial charge in [0.1, 0.15) is 0 Å². The third kappa shape index (κ3) is 4.53. The van der Waals surface area contributed by atoms with E-state index in [4.69, 9.17) is 0 Å². The number of aromatic nitrogens is 4. The summed E-state index contributed by atoms with van der Waals surface area (Å²) in [5, 5.41) is 14.5. The molecule has 0 aliphatic heterocycles. The number of nitro groups is 1. The van der Waals surface area contributed by atoms with Crippen molar-refractivity contribution in [1.29, 1.82) is 0 Å². The third-order valence-corrected chi connectivity index (χ3v) is 5.43. The average Bonchev–Trinajstić information content (AvgIpc) is 3.17. The predicted molar refractivity (Wildman–Crippen MR) is 108 cm³/mol. The zero-order valence-electron chi connectivity index (χ0n) is 17.8. The molecule has 2 heterocycles. The number of fused-ring (bicyclic) bond motifs is 1. The largest absolute Gasteiger partial charge is 0.453 e. The number of hydrogen-bond donors (Lipinski definition) is 0. The second kappa shape index (κ2) is 8.52. The van der Waals surface area contributed by atoms with Crippen LogP contribution < -0.4 is 0 Å². The van der Waals surface area contributed by atoms with Crippen molar-refractivity contribution in [3.8, 4) is 0 Å². The van der Waals surface area contributed by atoms with E-state index in [0.717, 1.165) is 4.52 Å². The number of rotatable bonds is 6. The molecule has 170 valence electrons. The maximum Gasteiger partial charge on any atom is 0.453 e. The standard InChI is InChI=1S/C20H21F3N6O3/c1-11-16(13(3)28-19(24-11)25-18(26-28)20(21,22)23)8-9-17(30)27(4)12(2)14-6-5-7-15(10-14)29(31)32/h5-7,10,12H,8-9H2,1-4H3/t12-/m0/s1. The molecule has 0 fully saturated rings. The molecule has 3 aromatic rings. The minimum absolute atomic E-state index is 0.0631. The van der Waals surface area contributed by atoms with Crippen molar-refractivity contribution >= 4 is 17.4 Å². The lowest BCUT2D eigenvalue weighted by atomic mass is 10.0. The number of carbonyl (C=O) groups excluding carboxylic acids is 1. The van der Waals surface area contributed by atoms with Gasteiger partial charge in [0.05, 0.1) is 11.0 Å². The second-order valence-electron chi connectivity index (χ2n) is 7.44. The number of nitrogens with zero attached hydrogens (tertiary/aromatic N) is 6. The highest BCUT2D eigenvalue weighted by atomic mass is 19.4. The molecule has 1 amide bonds.